The molecule has 1 saturated heterocycles. The number of hydrogen-bond acceptors (Lipinski definition) is 4. The average Bonchev–Trinajstić information content (AvgIpc) is 3.61. The highest BCUT2D eigenvalue weighted by molar-refractivity contribution is 8.26. The minimum absolute atomic E-state index is 0.307. The molecule has 1 saturated carbocycles. The molecule has 6 heteroatoms. The van der Waals surface area contributed by atoms with Crippen molar-refractivity contribution >= 4 is 46.3 Å². The van der Waals surface area contributed by atoms with Gasteiger partial charge in [-0.15, -0.1) is 0 Å². The van der Waals surface area contributed by atoms with Crippen LogP contribution < -0.4 is 0 Å². The lowest BCUT2D eigenvalue weighted by Crippen LogP contribution is -2.33. The monoisotopic (exact) mass is 529 g/mol. The number of aryl methyl sites for hydroxylation is 1. The molecule has 0 bridgehead atoms. The topological polar surface area (TPSA) is 57.6 Å². The summed E-state index contributed by atoms with van der Waals surface area (Å²) in [6.07, 6.45) is 12.8. The van der Waals surface area contributed by atoms with E-state index in [-0.39, 0.29) is 5.91 Å². The van der Waals surface area contributed by atoms with Crippen LogP contribution in [0.2, 0.25) is 0 Å². The molecule has 0 aromatic heterocycles. The molecule has 2 atom stereocenters. The molecule has 1 unspecified atom stereocenters. The van der Waals surface area contributed by atoms with Crippen LogP contribution in [0.4, 0.5) is 0 Å². The first-order valence-corrected chi connectivity index (χ1v) is 14.2. The van der Waals surface area contributed by atoms with Crippen molar-refractivity contribution in [3.63, 3.8) is 0 Å². The number of amides is 1. The van der Waals surface area contributed by atoms with Gasteiger partial charge < -0.3 is 5.11 Å². The number of aliphatic carboxylic acids is 1. The van der Waals surface area contributed by atoms with Gasteiger partial charge in [0.2, 0.25) is 0 Å². The first-order valence-electron chi connectivity index (χ1n) is 13.0. The third-order valence-corrected chi connectivity index (χ3v) is 9.14. The SMILES string of the molecule is CCc1ccc(/C=C2C=C/C(=C3/SC(=S)N(CC(=O)O)C3=O)C\2)cc1C1CCC[C@@H]1Cc1ccccc1. The molecule has 1 aliphatic heterocycles. The molecule has 1 amide bonds. The van der Waals surface area contributed by atoms with Gasteiger partial charge >= 0.3 is 5.97 Å². The van der Waals surface area contributed by atoms with Crippen molar-refractivity contribution in [3.8, 4) is 0 Å². The number of carboxylic acid groups (broad SMARTS) is 1. The number of thioether (sulfide) groups is 1. The second-order valence-corrected chi connectivity index (χ2v) is 11.7. The molecule has 2 fully saturated rings. The van der Waals surface area contributed by atoms with E-state index in [9.17, 15) is 9.59 Å². The number of carbonyl (C=O) groups is 2. The molecule has 2 aromatic carbocycles. The Labute approximate surface area is 228 Å². The Balaban J connectivity index is 1.36. The second kappa shape index (κ2) is 11.2. The normalized spacial score (nSPS) is 24.6. The van der Waals surface area contributed by atoms with Crippen LogP contribution in [0.25, 0.3) is 6.08 Å². The fourth-order valence-electron chi connectivity index (χ4n) is 5.86. The molecule has 5 rings (SSSR count). The molecule has 37 heavy (non-hydrogen) atoms. The van der Waals surface area contributed by atoms with Crippen molar-refractivity contribution in [1.82, 2.24) is 4.90 Å². The van der Waals surface area contributed by atoms with E-state index in [0.29, 0.717) is 27.5 Å². The summed E-state index contributed by atoms with van der Waals surface area (Å²) in [5.74, 6) is -0.122. The summed E-state index contributed by atoms with van der Waals surface area (Å²) in [6, 6.07) is 17.7. The van der Waals surface area contributed by atoms with Gasteiger partial charge in [-0.05, 0) is 77.3 Å². The number of benzene rings is 2. The third-order valence-electron chi connectivity index (χ3n) is 7.63. The van der Waals surface area contributed by atoms with Gasteiger partial charge in [0.05, 0.1) is 4.91 Å². The molecule has 3 aliphatic rings. The molecule has 0 radical (unpaired) electrons. The Kier molecular flexibility index (Phi) is 7.77. The third kappa shape index (κ3) is 5.65. The number of thiocarbonyl (C=S) groups is 1. The summed E-state index contributed by atoms with van der Waals surface area (Å²) in [6.45, 7) is 1.84. The van der Waals surface area contributed by atoms with E-state index in [2.05, 4.69) is 67.6 Å². The fraction of sp³-hybridized carbons (Fsp3) is 0.323. The van der Waals surface area contributed by atoms with E-state index in [1.54, 1.807) is 0 Å². The van der Waals surface area contributed by atoms with E-state index in [0.717, 1.165) is 24.0 Å². The van der Waals surface area contributed by atoms with E-state index >= 15 is 0 Å². The molecule has 1 heterocycles. The maximum atomic E-state index is 12.8. The highest BCUT2D eigenvalue weighted by Gasteiger charge is 2.35. The minimum Gasteiger partial charge on any atom is -0.480 e. The predicted molar refractivity (Wildman–Crippen MR) is 154 cm³/mol. The summed E-state index contributed by atoms with van der Waals surface area (Å²) in [5.41, 5.74) is 7.59. The maximum absolute atomic E-state index is 12.8. The predicted octanol–water partition coefficient (Wildman–Crippen LogP) is 6.92. The number of allylic oxidation sites excluding steroid dienone is 4. The second-order valence-electron chi connectivity index (χ2n) is 10.0. The minimum atomic E-state index is -1.07. The van der Waals surface area contributed by atoms with Crippen LogP contribution in [0.15, 0.2) is 76.7 Å². The van der Waals surface area contributed by atoms with Crippen LogP contribution in [-0.4, -0.2) is 32.7 Å². The summed E-state index contributed by atoms with van der Waals surface area (Å²) in [4.78, 5) is 25.6. The molecule has 4 nitrogen and oxygen atoms in total. The molecular weight excluding hydrogens is 498 g/mol. The Bertz CT molecular complexity index is 1330. The van der Waals surface area contributed by atoms with Crippen LogP contribution in [0.3, 0.4) is 0 Å². The zero-order valence-electron chi connectivity index (χ0n) is 21.0. The lowest BCUT2D eigenvalue weighted by molar-refractivity contribution is -0.140. The van der Waals surface area contributed by atoms with Gasteiger partial charge in [-0.3, -0.25) is 14.5 Å². The van der Waals surface area contributed by atoms with Crippen LogP contribution >= 0.6 is 24.0 Å². The smallest absolute Gasteiger partial charge is 0.323 e. The highest BCUT2D eigenvalue weighted by atomic mass is 32.2. The summed E-state index contributed by atoms with van der Waals surface area (Å²) >= 11 is 6.46. The number of rotatable bonds is 7. The van der Waals surface area contributed by atoms with Gasteiger partial charge in [-0.25, -0.2) is 0 Å². The van der Waals surface area contributed by atoms with E-state index in [1.807, 2.05) is 6.08 Å². The van der Waals surface area contributed by atoms with Crippen molar-refractivity contribution < 1.29 is 14.7 Å². The van der Waals surface area contributed by atoms with Crippen LogP contribution in [0.1, 0.15) is 60.8 Å². The van der Waals surface area contributed by atoms with E-state index in [1.165, 1.54) is 58.2 Å². The first kappa shape index (κ1) is 25.7. The maximum Gasteiger partial charge on any atom is 0.323 e. The fourth-order valence-corrected chi connectivity index (χ4v) is 7.16. The number of carbonyl (C=O) groups excluding carboxylic acids is 1. The van der Waals surface area contributed by atoms with Crippen LogP contribution in [0, 0.1) is 5.92 Å². The van der Waals surface area contributed by atoms with Gasteiger partial charge in [0.25, 0.3) is 5.91 Å². The van der Waals surface area contributed by atoms with Crippen molar-refractivity contribution in [3.05, 3.63) is 99.0 Å². The van der Waals surface area contributed by atoms with Gasteiger partial charge in [-0.2, -0.15) is 0 Å². The molecular formula is C31H31NO3S2. The molecule has 190 valence electrons. The number of nitrogens with zero attached hydrogens (tertiary/aromatic N) is 1. The highest BCUT2D eigenvalue weighted by Crippen LogP contribution is 2.43. The van der Waals surface area contributed by atoms with Crippen molar-refractivity contribution in [2.75, 3.05) is 6.54 Å². The molecule has 1 N–H and O–H groups in total. The quantitative estimate of drug-likeness (QED) is 0.312. The summed E-state index contributed by atoms with van der Waals surface area (Å²) in [5, 5.41) is 9.09. The van der Waals surface area contributed by atoms with Gasteiger partial charge in [-0.1, -0.05) is 104 Å². The molecule has 2 aliphatic carbocycles. The van der Waals surface area contributed by atoms with Gasteiger partial charge in [0, 0.05) is 0 Å². The van der Waals surface area contributed by atoms with Crippen molar-refractivity contribution in [1.29, 1.82) is 0 Å². The van der Waals surface area contributed by atoms with Gasteiger partial charge in [0.1, 0.15) is 10.9 Å². The van der Waals surface area contributed by atoms with Crippen LogP contribution in [0.5, 0.6) is 0 Å². The Morgan fingerprint density at radius 2 is 1.97 bits per heavy atom. The lowest BCUT2D eigenvalue weighted by atomic mass is 9.81. The Morgan fingerprint density at radius 3 is 2.73 bits per heavy atom. The van der Waals surface area contributed by atoms with Crippen molar-refractivity contribution in [2.45, 2.75) is 51.4 Å². The largest absolute Gasteiger partial charge is 0.480 e. The van der Waals surface area contributed by atoms with Crippen molar-refractivity contribution in [2.24, 2.45) is 5.92 Å². The summed E-state index contributed by atoms with van der Waals surface area (Å²) in [7, 11) is 0. The Hall–Kier alpha value is -2.96. The first-order chi connectivity index (χ1) is 17.9. The van der Waals surface area contributed by atoms with Gasteiger partial charge in [0.15, 0.2) is 0 Å². The number of hydrogen-bond donors (Lipinski definition) is 1. The van der Waals surface area contributed by atoms with E-state index in [4.69, 9.17) is 17.3 Å². The standard InChI is InChI=1S/C31H31NO3S2/c1-2-23-13-11-22(18-27(23)26-10-6-9-24(26)16-20-7-4-3-5-8-20)15-21-12-14-25(17-21)29-30(35)32(19-28(33)34)31(36)37-29/h3-5,7-8,11-15,18,24,26H,2,6,9-10,16-17,19H2,1H3,(H,33,34)/b21-15+,29-25-/t24-,26?/m1/s1. The lowest BCUT2D eigenvalue weighted by Gasteiger charge is -2.23. The molecule has 0 spiro atoms. The Morgan fingerprint density at radius 1 is 1.16 bits per heavy atom. The zero-order valence-corrected chi connectivity index (χ0v) is 22.6. The van der Waals surface area contributed by atoms with Crippen LogP contribution in [-0.2, 0) is 22.4 Å². The number of carboxylic acids is 1. The van der Waals surface area contributed by atoms with E-state index < -0.39 is 12.5 Å². The average molecular weight is 530 g/mol. The zero-order chi connectivity index (χ0) is 25.9. The molecule has 2 aromatic rings. The summed E-state index contributed by atoms with van der Waals surface area (Å²) < 4.78 is 0.308.